The van der Waals surface area contributed by atoms with Crippen molar-refractivity contribution in [2.45, 2.75) is 50.3 Å². The molecule has 20 heavy (non-hydrogen) atoms. The first-order valence-corrected chi connectivity index (χ1v) is 7.34. The first-order chi connectivity index (χ1) is 9.76. The van der Waals surface area contributed by atoms with Crippen LogP contribution in [0, 0.1) is 0 Å². The van der Waals surface area contributed by atoms with Gasteiger partial charge in [0.2, 0.25) is 0 Å². The number of fused-ring (bicyclic) bond motifs is 2. The van der Waals surface area contributed by atoms with E-state index in [4.69, 9.17) is 15.5 Å². The molecule has 1 aromatic carbocycles. The Kier molecular flexibility index (Phi) is 3.94. The van der Waals surface area contributed by atoms with Gasteiger partial charge in [-0.2, -0.15) is 5.90 Å². The fourth-order valence-electron chi connectivity index (χ4n) is 3.37. The molecular weight excluding hydrogens is 252 g/mol. The summed E-state index contributed by atoms with van der Waals surface area (Å²) in [5, 5.41) is 3.66. The third-order valence-corrected chi connectivity index (χ3v) is 4.29. The summed E-state index contributed by atoms with van der Waals surface area (Å²) in [6, 6.07) is 8.76. The zero-order chi connectivity index (χ0) is 13.9. The van der Waals surface area contributed by atoms with Crippen LogP contribution in [0.25, 0.3) is 5.76 Å². The number of rotatable bonds is 4. The van der Waals surface area contributed by atoms with E-state index in [0.717, 1.165) is 18.4 Å². The number of benzene rings is 1. The number of hydrogen-bond donors (Lipinski definition) is 2. The SMILES string of the molecule is C=C(O[C@@H]1C[C@H]2CCC[C@@H](C1)N2)c1ccccc1ON. The summed E-state index contributed by atoms with van der Waals surface area (Å²) in [6.45, 7) is 4.04. The highest BCUT2D eigenvalue weighted by Crippen LogP contribution is 2.32. The molecule has 2 heterocycles. The minimum Gasteiger partial charge on any atom is -0.490 e. The second-order valence-corrected chi connectivity index (χ2v) is 5.74. The van der Waals surface area contributed by atoms with Crippen LogP contribution in [0.3, 0.4) is 0 Å². The quantitative estimate of drug-likeness (QED) is 0.654. The Morgan fingerprint density at radius 2 is 1.90 bits per heavy atom. The number of nitrogens with one attached hydrogen (secondary N) is 1. The summed E-state index contributed by atoms with van der Waals surface area (Å²) < 4.78 is 6.09. The van der Waals surface area contributed by atoms with Crippen molar-refractivity contribution in [1.82, 2.24) is 5.32 Å². The first kappa shape index (κ1) is 13.5. The van der Waals surface area contributed by atoms with Crippen molar-refractivity contribution in [2.24, 2.45) is 5.90 Å². The second kappa shape index (κ2) is 5.85. The maximum atomic E-state index is 6.09. The van der Waals surface area contributed by atoms with Gasteiger partial charge in [0.1, 0.15) is 11.9 Å². The predicted octanol–water partition coefficient (Wildman–Crippen LogP) is 2.60. The van der Waals surface area contributed by atoms with Gasteiger partial charge in [0.05, 0.1) is 5.56 Å². The Morgan fingerprint density at radius 1 is 1.20 bits per heavy atom. The van der Waals surface area contributed by atoms with E-state index in [1.807, 2.05) is 24.3 Å². The van der Waals surface area contributed by atoms with Gasteiger partial charge in [-0.25, -0.2) is 0 Å². The number of ether oxygens (including phenoxy) is 1. The van der Waals surface area contributed by atoms with Crippen molar-refractivity contribution in [1.29, 1.82) is 0 Å². The van der Waals surface area contributed by atoms with Crippen LogP contribution in [0.1, 0.15) is 37.7 Å². The van der Waals surface area contributed by atoms with Crippen molar-refractivity contribution >= 4 is 5.76 Å². The fourth-order valence-corrected chi connectivity index (χ4v) is 3.37. The third kappa shape index (κ3) is 2.81. The van der Waals surface area contributed by atoms with Crippen LogP contribution in [-0.2, 0) is 4.74 Å². The van der Waals surface area contributed by atoms with Gasteiger partial charge < -0.3 is 14.9 Å². The van der Waals surface area contributed by atoms with Gasteiger partial charge in [0.25, 0.3) is 0 Å². The standard InChI is InChI=1S/C16H22N2O2/c1-11(15-7-2-3-8-16(15)20-17)19-14-9-12-5-4-6-13(10-14)18-12/h2-3,7-8,12-14,18H,1,4-6,9-10,17H2/t12-,13+,14-. The molecule has 2 aliphatic heterocycles. The molecule has 4 nitrogen and oxygen atoms in total. The van der Waals surface area contributed by atoms with Crippen LogP contribution in [-0.4, -0.2) is 18.2 Å². The molecule has 2 aliphatic rings. The first-order valence-electron chi connectivity index (χ1n) is 7.34. The molecule has 0 aliphatic carbocycles. The normalized spacial score (nSPS) is 28.8. The minimum absolute atomic E-state index is 0.241. The van der Waals surface area contributed by atoms with E-state index < -0.39 is 0 Å². The molecule has 0 amide bonds. The Bertz CT molecular complexity index is 477. The maximum Gasteiger partial charge on any atom is 0.157 e. The van der Waals surface area contributed by atoms with E-state index in [1.165, 1.54) is 19.3 Å². The molecular formula is C16H22N2O2. The molecule has 0 aromatic heterocycles. The van der Waals surface area contributed by atoms with Crippen LogP contribution in [0.2, 0.25) is 0 Å². The lowest BCUT2D eigenvalue weighted by Gasteiger charge is -2.40. The lowest BCUT2D eigenvalue weighted by molar-refractivity contribution is 0.0721. The van der Waals surface area contributed by atoms with E-state index in [0.29, 0.717) is 23.6 Å². The highest BCUT2D eigenvalue weighted by molar-refractivity contribution is 5.63. The zero-order valence-corrected chi connectivity index (χ0v) is 11.7. The van der Waals surface area contributed by atoms with E-state index in [-0.39, 0.29) is 6.10 Å². The van der Waals surface area contributed by atoms with Crippen molar-refractivity contribution in [3.05, 3.63) is 36.4 Å². The van der Waals surface area contributed by atoms with E-state index in [9.17, 15) is 0 Å². The molecule has 1 aromatic rings. The van der Waals surface area contributed by atoms with Crippen LogP contribution < -0.4 is 16.1 Å². The molecule has 0 unspecified atom stereocenters. The summed E-state index contributed by atoms with van der Waals surface area (Å²) in [5.74, 6) is 6.54. The smallest absolute Gasteiger partial charge is 0.157 e. The molecule has 3 rings (SSSR count). The Labute approximate surface area is 119 Å². The van der Waals surface area contributed by atoms with Gasteiger partial charge in [-0.1, -0.05) is 25.1 Å². The molecule has 2 bridgehead atoms. The molecule has 108 valence electrons. The molecule has 0 spiro atoms. The lowest BCUT2D eigenvalue weighted by Crippen LogP contribution is -2.50. The van der Waals surface area contributed by atoms with Gasteiger partial charge in [-0.3, -0.25) is 0 Å². The highest BCUT2D eigenvalue weighted by atomic mass is 16.6. The Morgan fingerprint density at radius 3 is 2.60 bits per heavy atom. The second-order valence-electron chi connectivity index (χ2n) is 5.74. The lowest BCUT2D eigenvalue weighted by atomic mass is 9.85. The molecule has 3 N–H and O–H groups in total. The summed E-state index contributed by atoms with van der Waals surface area (Å²) in [6.07, 6.45) is 6.20. The molecule has 2 fully saturated rings. The summed E-state index contributed by atoms with van der Waals surface area (Å²) in [7, 11) is 0. The number of hydrogen-bond acceptors (Lipinski definition) is 4. The molecule has 2 saturated heterocycles. The van der Waals surface area contributed by atoms with E-state index in [2.05, 4.69) is 11.9 Å². The largest absolute Gasteiger partial charge is 0.490 e. The zero-order valence-electron chi connectivity index (χ0n) is 11.7. The molecule has 3 atom stereocenters. The third-order valence-electron chi connectivity index (χ3n) is 4.29. The topological polar surface area (TPSA) is 56.5 Å². The van der Waals surface area contributed by atoms with Gasteiger partial charge >= 0.3 is 0 Å². The molecule has 4 heteroatoms. The number of piperidine rings is 2. The molecule has 0 saturated carbocycles. The van der Waals surface area contributed by atoms with Gasteiger partial charge in [0, 0.05) is 12.1 Å². The summed E-state index contributed by atoms with van der Waals surface area (Å²) in [4.78, 5) is 4.88. The van der Waals surface area contributed by atoms with E-state index >= 15 is 0 Å². The average Bonchev–Trinajstić information content (AvgIpc) is 2.46. The maximum absolute atomic E-state index is 6.09. The number of nitrogens with two attached hydrogens (primary N) is 1. The van der Waals surface area contributed by atoms with Gasteiger partial charge in [-0.05, 0) is 37.8 Å². The van der Waals surface area contributed by atoms with Crippen LogP contribution in [0.15, 0.2) is 30.8 Å². The predicted molar refractivity (Wildman–Crippen MR) is 79.0 cm³/mol. The van der Waals surface area contributed by atoms with Crippen molar-refractivity contribution in [3.8, 4) is 5.75 Å². The summed E-state index contributed by atoms with van der Waals surface area (Å²) in [5.41, 5.74) is 0.832. The average molecular weight is 274 g/mol. The summed E-state index contributed by atoms with van der Waals surface area (Å²) >= 11 is 0. The fraction of sp³-hybridized carbons (Fsp3) is 0.500. The Balaban J connectivity index is 1.67. The van der Waals surface area contributed by atoms with Crippen molar-refractivity contribution in [3.63, 3.8) is 0 Å². The molecule has 0 radical (unpaired) electrons. The number of para-hydroxylation sites is 1. The highest BCUT2D eigenvalue weighted by Gasteiger charge is 2.32. The monoisotopic (exact) mass is 274 g/mol. The van der Waals surface area contributed by atoms with Crippen molar-refractivity contribution in [2.75, 3.05) is 0 Å². The van der Waals surface area contributed by atoms with Gasteiger partial charge in [-0.15, -0.1) is 0 Å². The Hall–Kier alpha value is -1.52. The van der Waals surface area contributed by atoms with Crippen LogP contribution >= 0.6 is 0 Å². The van der Waals surface area contributed by atoms with Crippen LogP contribution in [0.4, 0.5) is 0 Å². The van der Waals surface area contributed by atoms with Crippen molar-refractivity contribution < 1.29 is 9.57 Å². The van der Waals surface area contributed by atoms with Crippen LogP contribution in [0.5, 0.6) is 5.75 Å². The van der Waals surface area contributed by atoms with E-state index in [1.54, 1.807) is 0 Å². The van der Waals surface area contributed by atoms with Gasteiger partial charge in [0.15, 0.2) is 5.75 Å². The minimum atomic E-state index is 0.241.